The summed E-state index contributed by atoms with van der Waals surface area (Å²) in [6, 6.07) is 6.90. The van der Waals surface area contributed by atoms with Crippen molar-refractivity contribution in [3.8, 4) is 5.88 Å². The lowest BCUT2D eigenvalue weighted by Gasteiger charge is -2.13. The summed E-state index contributed by atoms with van der Waals surface area (Å²) in [5.41, 5.74) is 0.525. The van der Waals surface area contributed by atoms with Gasteiger partial charge in [0.2, 0.25) is 5.88 Å². The molecule has 0 aliphatic rings. The Morgan fingerprint density at radius 1 is 1.33 bits per heavy atom. The number of hydrogen-bond acceptors (Lipinski definition) is 4. The lowest BCUT2D eigenvalue weighted by molar-refractivity contribution is 0.197. The van der Waals surface area contributed by atoms with Crippen molar-refractivity contribution in [1.82, 2.24) is 9.55 Å². The molecule has 0 radical (unpaired) electrons. The number of nitrogens with zero attached hydrogens (tertiary/aromatic N) is 2. The molecule has 5 nitrogen and oxygen atoms in total. The van der Waals surface area contributed by atoms with E-state index in [4.69, 9.17) is 9.84 Å². The molecule has 0 aliphatic heterocycles. The highest BCUT2D eigenvalue weighted by Gasteiger charge is 2.08. The Balaban J connectivity index is 2.58. The highest BCUT2D eigenvalue weighted by molar-refractivity contribution is 5.75. The first kappa shape index (κ1) is 12.6. The Kier molecular flexibility index (Phi) is 3.62. The largest absolute Gasteiger partial charge is 0.475 e. The van der Waals surface area contributed by atoms with Gasteiger partial charge < -0.3 is 9.84 Å². The molecule has 1 N–H and O–H groups in total. The van der Waals surface area contributed by atoms with E-state index in [-0.39, 0.29) is 24.8 Å². The van der Waals surface area contributed by atoms with E-state index in [1.807, 2.05) is 19.9 Å². The van der Waals surface area contributed by atoms with Crippen LogP contribution in [0.25, 0.3) is 11.0 Å². The maximum Gasteiger partial charge on any atom is 0.252 e. The van der Waals surface area contributed by atoms with Crippen LogP contribution in [0.1, 0.15) is 19.9 Å². The molecule has 2 aromatic heterocycles. The van der Waals surface area contributed by atoms with Crippen molar-refractivity contribution in [2.24, 2.45) is 0 Å². The molecule has 0 saturated carbocycles. The van der Waals surface area contributed by atoms with Crippen molar-refractivity contribution in [1.29, 1.82) is 0 Å². The molecule has 0 unspecified atom stereocenters. The number of aromatic nitrogens is 2. The van der Waals surface area contributed by atoms with Crippen LogP contribution in [0, 0.1) is 0 Å². The second-order valence-electron chi connectivity index (χ2n) is 4.27. The van der Waals surface area contributed by atoms with Gasteiger partial charge >= 0.3 is 0 Å². The summed E-state index contributed by atoms with van der Waals surface area (Å²) in [6.07, 6.45) is 0. The zero-order valence-electron chi connectivity index (χ0n) is 10.5. The third kappa shape index (κ3) is 2.36. The first-order valence-electron chi connectivity index (χ1n) is 5.89. The van der Waals surface area contributed by atoms with Crippen molar-refractivity contribution in [2.45, 2.75) is 19.9 Å². The number of ether oxygens (including phenoxy) is 1. The van der Waals surface area contributed by atoms with Gasteiger partial charge in [-0.3, -0.25) is 9.36 Å². The number of aliphatic hydroxyl groups excluding tert-OH is 1. The van der Waals surface area contributed by atoms with Crippen LogP contribution in [0.5, 0.6) is 5.88 Å². The van der Waals surface area contributed by atoms with Crippen molar-refractivity contribution in [3.63, 3.8) is 0 Å². The number of hydrogen-bond donors (Lipinski definition) is 1. The van der Waals surface area contributed by atoms with E-state index >= 15 is 0 Å². The van der Waals surface area contributed by atoms with E-state index in [2.05, 4.69) is 4.98 Å². The van der Waals surface area contributed by atoms with Crippen LogP contribution >= 0.6 is 0 Å². The van der Waals surface area contributed by atoms with Crippen LogP contribution in [-0.2, 0) is 0 Å². The van der Waals surface area contributed by atoms with E-state index in [0.717, 1.165) is 5.39 Å². The van der Waals surface area contributed by atoms with E-state index in [9.17, 15) is 4.79 Å². The first-order chi connectivity index (χ1) is 8.63. The van der Waals surface area contributed by atoms with Gasteiger partial charge in [0.15, 0.2) is 0 Å². The maximum atomic E-state index is 11.8. The second-order valence-corrected chi connectivity index (χ2v) is 4.27. The van der Waals surface area contributed by atoms with E-state index < -0.39 is 0 Å². The lowest BCUT2D eigenvalue weighted by Crippen LogP contribution is -2.22. The Bertz CT molecular complexity index is 605. The molecule has 2 aromatic rings. The number of rotatable bonds is 4. The fourth-order valence-electron chi connectivity index (χ4n) is 1.84. The summed E-state index contributed by atoms with van der Waals surface area (Å²) >= 11 is 0. The molecule has 18 heavy (non-hydrogen) atoms. The van der Waals surface area contributed by atoms with Crippen LogP contribution in [0.4, 0.5) is 0 Å². The summed E-state index contributed by atoms with van der Waals surface area (Å²) in [4.78, 5) is 16.2. The van der Waals surface area contributed by atoms with Crippen molar-refractivity contribution < 1.29 is 9.84 Å². The Morgan fingerprint density at radius 2 is 2.06 bits per heavy atom. The highest BCUT2D eigenvalue weighted by Crippen LogP contribution is 2.17. The average molecular weight is 248 g/mol. The summed E-state index contributed by atoms with van der Waals surface area (Å²) < 4.78 is 6.89. The van der Waals surface area contributed by atoms with Gasteiger partial charge in [-0.15, -0.1) is 0 Å². The minimum atomic E-state index is -0.0793. The fourth-order valence-corrected chi connectivity index (χ4v) is 1.84. The van der Waals surface area contributed by atoms with Gasteiger partial charge in [0.05, 0.1) is 6.61 Å². The molecular formula is C13H16N2O3. The Labute approximate surface area is 105 Å². The molecule has 0 atom stereocenters. The standard InChI is InChI=1S/C13H16N2O3/c1-9(2)15-12(17)6-4-10-3-5-11(14-13(10)15)18-8-7-16/h3-6,9,16H,7-8H2,1-2H3. The number of aliphatic hydroxyl groups is 1. The van der Waals surface area contributed by atoms with E-state index in [1.54, 1.807) is 16.7 Å². The Hall–Kier alpha value is -1.88. The second kappa shape index (κ2) is 5.18. The molecule has 0 aliphatic carbocycles. The van der Waals surface area contributed by atoms with Crippen molar-refractivity contribution in [3.05, 3.63) is 34.6 Å². The molecule has 0 fully saturated rings. The van der Waals surface area contributed by atoms with E-state index in [1.165, 1.54) is 6.07 Å². The van der Waals surface area contributed by atoms with Gasteiger partial charge in [0.25, 0.3) is 5.56 Å². The fraction of sp³-hybridized carbons (Fsp3) is 0.385. The predicted octanol–water partition coefficient (Wildman–Crippen LogP) is 1.35. The molecule has 0 amide bonds. The van der Waals surface area contributed by atoms with Crippen LogP contribution < -0.4 is 10.3 Å². The zero-order chi connectivity index (χ0) is 13.1. The summed E-state index contributed by atoms with van der Waals surface area (Å²) in [6.45, 7) is 4.00. The molecule has 5 heteroatoms. The van der Waals surface area contributed by atoms with Gasteiger partial charge in [-0.05, 0) is 26.0 Å². The van der Waals surface area contributed by atoms with Crippen LogP contribution in [-0.4, -0.2) is 27.9 Å². The third-order valence-electron chi connectivity index (χ3n) is 2.61. The zero-order valence-corrected chi connectivity index (χ0v) is 10.5. The van der Waals surface area contributed by atoms with Gasteiger partial charge in [-0.2, -0.15) is 4.98 Å². The molecule has 2 rings (SSSR count). The lowest BCUT2D eigenvalue weighted by atomic mass is 10.2. The van der Waals surface area contributed by atoms with Gasteiger partial charge in [-0.1, -0.05) is 0 Å². The van der Waals surface area contributed by atoms with Crippen LogP contribution in [0.3, 0.4) is 0 Å². The molecule has 0 aromatic carbocycles. The molecule has 0 bridgehead atoms. The number of pyridine rings is 2. The summed E-state index contributed by atoms with van der Waals surface area (Å²) in [5, 5.41) is 9.61. The highest BCUT2D eigenvalue weighted by atomic mass is 16.5. The van der Waals surface area contributed by atoms with Crippen LogP contribution in [0.15, 0.2) is 29.1 Å². The number of fused-ring (bicyclic) bond motifs is 1. The van der Waals surface area contributed by atoms with E-state index in [0.29, 0.717) is 11.5 Å². The normalized spacial score (nSPS) is 11.1. The molecule has 2 heterocycles. The minimum Gasteiger partial charge on any atom is -0.475 e. The molecule has 96 valence electrons. The predicted molar refractivity (Wildman–Crippen MR) is 69.0 cm³/mol. The van der Waals surface area contributed by atoms with Gasteiger partial charge in [-0.25, -0.2) is 0 Å². The SMILES string of the molecule is CC(C)n1c(=O)ccc2ccc(OCCO)nc21. The van der Waals surface area contributed by atoms with Crippen LogP contribution in [0.2, 0.25) is 0 Å². The topological polar surface area (TPSA) is 64.3 Å². The third-order valence-corrected chi connectivity index (χ3v) is 2.61. The molecular weight excluding hydrogens is 232 g/mol. The minimum absolute atomic E-state index is 0.0294. The monoisotopic (exact) mass is 248 g/mol. The molecule has 0 spiro atoms. The van der Waals surface area contributed by atoms with Gasteiger partial charge in [0, 0.05) is 23.6 Å². The molecule has 0 saturated heterocycles. The van der Waals surface area contributed by atoms with Crippen molar-refractivity contribution in [2.75, 3.05) is 13.2 Å². The average Bonchev–Trinajstić information content (AvgIpc) is 2.35. The van der Waals surface area contributed by atoms with Gasteiger partial charge in [0.1, 0.15) is 12.3 Å². The first-order valence-corrected chi connectivity index (χ1v) is 5.89. The summed E-state index contributed by atoms with van der Waals surface area (Å²) in [5.74, 6) is 0.413. The Morgan fingerprint density at radius 3 is 2.72 bits per heavy atom. The summed E-state index contributed by atoms with van der Waals surface area (Å²) in [7, 11) is 0. The smallest absolute Gasteiger partial charge is 0.252 e. The van der Waals surface area contributed by atoms with Crippen molar-refractivity contribution >= 4 is 11.0 Å². The quantitative estimate of drug-likeness (QED) is 0.887. The maximum absolute atomic E-state index is 11.8.